The molecule has 0 bridgehead atoms. The first-order valence-electron chi connectivity index (χ1n) is 20.3. The summed E-state index contributed by atoms with van der Waals surface area (Å²) in [4.78, 5) is 26.9. The van der Waals surface area contributed by atoms with Gasteiger partial charge in [-0.2, -0.15) is 0 Å². The Hall–Kier alpha value is -1.56. The molecule has 331 valence electrons. The molecule has 4 rings (SSSR count). The first-order valence-corrected chi connectivity index (χ1v) is 21.8. The summed E-state index contributed by atoms with van der Waals surface area (Å²) in [7, 11) is 8.17. The fourth-order valence-electron chi connectivity index (χ4n) is 7.06. The molecule has 2 atom stereocenters. The van der Waals surface area contributed by atoms with Crippen LogP contribution in [0.3, 0.4) is 0 Å². The van der Waals surface area contributed by atoms with Crippen molar-refractivity contribution < 1.29 is 62.2 Å². The molecule has 0 aromatic heterocycles. The summed E-state index contributed by atoms with van der Waals surface area (Å²) in [5.41, 5.74) is 0.0999. The first-order chi connectivity index (χ1) is 27.0. The van der Waals surface area contributed by atoms with Gasteiger partial charge >= 0.3 is 11.9 Å². The number of alkyl halides is 1. The number of thiol groups is 1. The van der Waals surface area contributed by atoms with Crippen molar-refractivity contribution in [3.8, 4) is 11.5 Å². The van der Waals surface area contributed by atoms with Crippen molar-refractivity contribution in [1.82, 2.24) is 9.80 Å². The fraction of sp³-hybridized carbons (Fsp3) is 0.682. The minimum atomic E-state index is -0.646. The van der Waals surface area contributed by atoms with E-state index in [2.05, 4.69) is 9.80 Å². The molecule has 11 nitrogen and oxygen atoms in total. The normalized spacial score (nSPS) is 17.2. The minimum Gasteiger partial charge on any atom is -0.802 e. The zero-order valence-corrected chi connectivity index (χ0v) is 41.0. The number of aliphatic hydroxyl groups is 2. The summed E-state index contributed by atoms with van der Waals surface area (Å²) in [6.07, 6.45) is 10.3. The van der Waals surface area contributed by atoms with Crippen LogP contribution in [-0.2, 0) is 37.6 Å². The molecule has 0 amide bonds. The van der Waals surface area contributed by atoms with E-state index < -0.39 is 16.6 Å². The standard InChI is InChI=1S/C22H35NO4.C16H25NO2.C6H11IO2.H2OS.V/c1-21(2,3)20(24)27-16-26-18-11-9-17(10-12-18)19(15-23(4)5)22(25)13-7-6-8-14-22;1-17(2)12-15(13-6-8-14(18)9-7-13)16(19)10-4-3-5-11-16;1-6(2,3)5(8)9-4-7;1-2;/h9-12,19,25H,6-8,13-16H2,1-5H3;6-9,15,18-19H,3-5,10-12H2,1-2H3;4H2,1-3H3;1-2H;/p-1/t19-;15-;;;/m11.../s1/i/hD. The van der Waals surface area contributed by atoms with Crippen molar-refractivity contribution in [2.75, 3.05) is 52.7 Å². The topological polar surface area (TPSA) is 152 Å². The van der Waals surface area contributed by atoms with Crippen LogP contribution in [0.4, 0.5) is 0 Å². The molecule has 2 aromatic rings. The van der Waals surface area contributed by atoms with E-state index in [-0.39, 0.29) is 73.1 Å². The molecule has 0 saturated heterocycles. The number of benzene rings is 2. The van der Waals surface area contributed by atoms with Crippen molar-refractivity contribution in [2.45, 2.75) is 129 Å². The Morgan fingerprint density at radius 2 is 1.09 bits per heavy atom. The molecule has 14 heteroatoms. The predicted molar refractivity (Wildman–Crippen MR) is 238 cm³/mol. The second kappa shape index (κ2) is 27.4. The van der Waals surface area contributed by atoms with Crippen LogP contribution in [0.15, 0.2) is 48.5 Å². The molecule has 1 radical (unpaired) electrons. The van der Waals surface area contributed by atoms with E-state index in [0.717, 1.165) is 75.6 Å². The number of ether oxygens (including phenoxy) is 3. The van der Waals surface area contributed by atoms with Gasteiger partial charge in [0.05, 0.1) is 23.2 Å². The quantitative estimate of drug-likeness (QED) is 0.0404. The number of rotatable bonds is 12. The van der Waals surface area contributed by atoms with Crippen LogP contribution < -0.4 is 4.74 Å². The monoisotopic (exact) mass is 983 g/mol. The average Bonchev–Trinajstić information content (AvgIpc) is 3.14. The number of halogens is 1. The maximum Gasteiger partial charge on any atom is 0.314 e. The first kappa shape index (κ1) is 54.5. The summed E-state index contributed by atoms with van der Waals surface area (Å²) in [5, 5.41) is 31.7. The molecule has 0 aliphatic heterocycles. The number of likely N-dealkylation sites (N-methyl/N-ethyl adjacent to an activating group) is 2. The van der Waals surface area contributed by atoms with Crippen LogP contribution in [0.2, 0.25) is 0 Å². The van der Waals surface area contributed by atoms with Gasteiger partial charge in [-0.05, 0) is 153 Å². The van der Waals surface area contributed by atoms with E-state index in [1.807, 2.05) is 129 Å². The van der Waals surface area contributed by atoms with E-state index in [1.54, 1.807) is 12.1 Å². The molecular formula is C44H72IN2O9SV-. The molecule has 0 unspecified atom stereocenters. The van der Waals surface area contributed by atoms with Gasteiger partial charge in [-0.25, -0.2) is 0 Å². The third kappa shape index (κ3) is 20.3. The zero-order valence-electron chi connectivity index (χ0n) is 37.6. The van der Waals surface area contributed by atoms with Crippen LogP contribution in [0.5, 0.6) is 11.5 Å². The Morgan fingerprint density at radius 1 is 0.741 bits per heavy atom. The summed E-state index contributed by atoms with van der Waals surface area (Å²) in [6, 6.07) is 15.1. The Balaban J connectivity index is 0.000000911. The molecule has 2 fully saturated rings. The Labute approximate surface area is 381 Å². The molecular weight excluding hydrogens is 910 g/mol. The second-order valence-electron chi connectivity index (χ2n) is 17.9. The van der Waals surface area contributed by atoms with Gasteiger partial charge in [-0.1, -0.05) is 62.8 Å². The van der Waals surface area contributed by atoms with Crippen LogP contribution in [0.1, 0.15) is 129 Å². The molecule has 2 aromatic carbocycles. The number of nitrogens with zero attached hydrogens (tertiary/aromatic N) is 2. The van der Waals surface area contributed by atoms with Crippen LogP contribution in [-0.4, -0.2) is 107 Å². The summed E-state index contributed by atoms with van der Waals surface area (Å²) < 4.78 is 30.0. The Morgan fingerprint density at radius 3 is 1.40 bits per heavy atom. The van der Waals surface area contributed by atoms with Crippen molar-refractivity contribution in [1.29, 1.82) is 1.12 Å². The van der Waals surface area contributed by atoms with E-state index in [1.165, 1.54) is 12.8 Å². The zero-order chi connectivity index (χ0) is 44.2. The third-order valence-electron chi connectivity index (χ3n) is 10.2. The molecule has 2 aliphatic carbocycles. The number of carbonyl (C=O) groups is 2. The van der Waals surface area contributed by atoms with Crippen molar-refractivity contribution >= 4 is 47.3 Å². The van der Waals surface area contributed by atoms with E-state index >= 15 is 0 Å². The van der Waals surface area contributed by atoms with Crippen LogP contribution in [0, 0.1) is 10.8 Å². The fourth-order valence-corrected chi connectivity index (χ4v) is 7.35. The van der Waals surface area contributed by atoms with E-state index in [4.69, 9.17) is 19.9 Å². The van der Waals surface area contributed by atoms with Crippen LogP contribution in [0.25, 0.3) is 0 Å². The van der Waals surface area contributed by atoms with Gasteiger partial charge in [-0.3, -0.25) is 22.4 Å². The molecule has 2 aliphatic rings. The second-order valence-corrected chi connectivity index (χ2v) is 18.5. The van der Waals surface area contributed by atoms with Gasteiger partial charge in [0.1, 0.15) is 16.1 Å². The Kier molecular flexibility index (Phi) is 25.7. The van der Waals surface area contributed by atoms with Crippen molar-refractivity contribution in [3.05, 3.63) is 59.7 Å². The summed E-state index contributed by atoms with van der Waals surface area (Å²) in [5.74, 6) is 0.688. The van der Waals surface area contributed by atoms with Gasteiger partial charge in [0, 0.05) is 43.5 Å². The maximum atomic E-state index is 11.8. The molecule has 58 heavy (non-hydrogen) atoms. The van der Waals surface area contributed by atoms with E-state index in [9.17, 15) is 24.9 Å². The molecule has 0 spiro atoms. The van der Waals surface area contributed by atoms with Crippen LogP contribution >= 0.6 is 35.4 Å². The maximum absolute atomic E-state index is 11.8. The van der Waals surface area contributed by atoms with Crippen molar-refractivity contribution in [2.24, 2.45) is 10.8 Å². The van der Waals surface area contributed by atoms with Crippen molar-refractivity contribution in [3.63, 3.8) is 0 Å². The minimum absolute atomic E-state index is 0. The largest absolute Gasteiger partial charge is 0.802 e. The third-order valence-corrected chi connectivity index (χ3v) is 10.5. The van der Waals surface area contributed by atoms with E-state index in [0.29, 0.717) is 10.4 Å². The number of carbonyl (C=O) groups excluding carboxylic acids is 2. The molecule has 3 N–H and O–H groups in total. The summed E-state index contributed by atoms with van der Waals surface area (Å²) >= 11 is 1.75. The van der Waals surface area contributed by atoms with Gasteiger partial charge in [0.25, 0.3) is 0 Å². The predicted octanol–water partition coefficient (Wildman–Crippen LogP) is 8.70. The number of hydrogen-bond acceptors (Lipinski definition) is 12. The number of hydrogen-bond donors (Lipinski definition) is 4. The smallest absolute Gasteiger partial charge is 0.314 e. The summed E-state index contributed by atoms with van der Waals surface area (Å²) in [6.45, 7) is 12.5. The number of aromatic hydroxyl groups is 1. The van der Waals surface area contributed by atoms with Gasteiger partial charge < -0.3 is 43.9 Å². The SMILES string of the molecule is CC(C)(C)C(=O)OCI.CN(C)C[C@H](c1ccc(O)cc1)C1(O)CCCCC1.CN(C)C[C@H](c1ccc(OCOC(=O)C(C)(C)C)cc1)C1(O)CCCCC1.[2H]S[O-].[V]. The van der Waals surface area contributed by atoms with Gasteiger partial charge in [0.2, 0.25) is 6.79 Å². The number of phenolic OH excluding ortho intramolecular Hbond substituents is 1. The van der Waals surface area contributed by atoms with Gasteiger partial charge in [-0.15, -0.1) is 0 Å². The number of esters is 2. The molecule has 0 heterocycles. The Bertz CT molecular complexity index is 1450. The van der Waals surface area contributed by atoms with Gasteiger partial charge in [0.15, 0.2) is 0 Å². The number of phenols is 1. The average molecular weight is 984 g/mol. The molecule has 2 saturated carbocycles.